The summed E-state index contributed by atoms with van der Waals surface area (Å²) in [5.74, 6) is 0.822. The zero-order valence-electron chi connectivity index (χ0n) is 14.4. The molecule has 0 aliphatic heterocycles. The standard InChI is InChI=1S/C19H22N4OS/c1-14(2)12-16(15-8-4-3-5-9-15)20-18(24)13-25-19-22-21-17-10-6-7-11-23(17)19/h3-11,14,16H,12-13H2,1-2H3,(H,20,24)/t16-/m0/s1. The number of rotatable bonds is 7. The van der Waals surface area contributed by atoms with E-state index in [-0.39, 0.29) is 11.9 Å². The molecule has 0 saturated heterocycles. The Morgan fingerprint density at radius 1 is 1.12 bits per heavy atom. The fourth-order valence-corrected chi connectivity index (χ4v) is 3.45. The number of pyridine rings is 1. The molecule has 2 heterocycles. The molecule has 6 heteroatoms. The molecule has 1 N–H and O–H groups in total. The molecule has 1 atom stereocenters. The zero-order chi connectivity index (χ0) is 17.6. The highest BCUT2D eigenvalue weighted by Crippen LogP contribution is 2.22. The first kappa shape index (κ1) is 17.5. The van der Waals surface area contributed by atoms with Gasteiger partial charge in [0, 0.05) is 6.20 Å². The maximum Gasteiger partial charge on any atom is 0.230 e. The lowest BCUT2D eigenvalue weighted by Crippen LogP contribution is -2.30. The topological polar surface area (TPSA) is 59.3 Å². The number of thioether (sulfide) groups is 1. The molecule has 1 aromatic carbocycles. The van der Waals surface area contributed by atoms with Gasteiger partial charge in [-0.2, -0.15) is 0 Å². The van der Waals surface area contributed by atoms with Crippen molar-refractivity contribution >= 4 is 23.3 Å². The third-order valence-electron chi connectivity index (χ3n) is 3.86. The van der Waals surface area contributed by atoms with Crippen LogP contribution in [0.3, 0.4) is 0 Å². The van der Waals surface area contributed by atoms with Crippen LogP contribution in [0, 0.1) is 5.92 Å². The molecule has 0 aliphatic rings. The summed E-state index contributed by atoms with van der Waals surface area (Å²) in [7, 11) is 0. The van der Waals surface area contributed by atoms with E-state index < -0.39 is 0 Å². The largest absolute Gasteiger partial charge is 0.349 e. The van der Waals surface area contributed by atoms with Crippen molar-refractivity contribution in [1.82, 2.24) is 19.9 Å². The van der Waals surface area contributed by atoms with E-state index in [1.807, 2.05) is 47.0 Å². The summed E-state index contributed by atoms with van der Waals surface area (Å²) in [6.45, 7) is 4.33. The Hall–Kier alpha value is -2.34. The van der Waals surface area contributed by atoms with Gasteiger partial charge in [0.05, 0.1) is 11.8 Å². The van der Waals surface area contributed by atoms with Crippen molar-refractivity contribution in [3.05, 3.63) is 60.3 Å². The average molecular weight is 354 g/mol. The van der Waals surface area contributed by atoms with Crippen LogP contribution in [0.25, 0.3) is 5.65 Å². The highest BCUT2D eigenvalue weighted by molar-refractivity contribution is 7.99. The quantitative estimate of drug-likeness (QED) is 0.657. The molecule has 3 aromatic rings. The predicted octanol–water partition coefficient (Wildman–Crippen LogP) is 3.73. The molecular formula is C19H22N4OS. The Morgan fingerprint density at radius 3 is 2.64 bits per heavy atom. The van der Waals surface area contributed by atoms with Crippen molar-refractivity contribution in [3.8, 4) is 0 Å². The van der Waals surface area contributed by atoms with E-state index in [1.165, 1.54) is 11.8 Å². The number of carbonyl (C=O) groups is 1. The van der Waals surface area contributed by atoms with Crippen LogP contribution in [0.2, 0.25) is 0 Å². The molecule has 0 aliphatic carbocycles. The van der Waals surface area contributed by atoms with Gasteiger partial charge in [0.2, 0.25) is 5.91 Å². The second kappa shape index (κ2) is 8.16. The highest BCUT2D eigenvalue weighted by atomic mass is 32.2. The molecule has 0 radical (unpaired) electrons. The molecule has 0 unspecified atom stereocenters. The Labute approximate surface area is 151 Å². The molecule has 3 rings (SSSR count). The summed E-state index contributed by atoms with van der Waals surface area (Å²) in [5, 5.41) is 12.1. The fourth-order valence-electron chi connectivity index (χ4n) is 2.72. The minimum absolute atomic E-state index is 0.00665. The maximum atomic E-state index is 12.5. The Morgan fingerprint density at radius 2 is 1.88 bits per heavy atom. The molecule has 0 bridgehead atoms. The molecule has 2 aromatic heterocycles. The van der Waals surface area contributed by atoms with E-state index in [9.17, 15) is 4.79 Å². The van der Waals surface area contributed by atoms with Gasteiger partial charge in [-0.05, 0) is 30.0 Å². The van der Waals surface area contributed by atoms with Gasteiger partial charge >= 0.3 is 0 Å². The first-order valence-electron chi connectivity index (χ1n) is 8.40. The minimum atomic E-state index is 0.00665. The van der Waals surface area contributed by atoms with E-state index in [0.717, 1.165) is 22.8 Å². The smallest absolute Gasteiger partial charge is 0.230 e. The minimum Gasteiger partial charge on any atom is -0.349 e. The number of amides is 1. The number of hydrogen-bond donors (Lipinski definition) is 1. The Kier molecular flexibility index (Phi) is 5.71. The summed E-state index contributed by atoms with van der Waals surface area (Å²) in [4.78, 5) is 12.5. The summed E-state index contributed by atoms with van der Waals surface area (Å²) >= 11 is 1.40. The predicted molar refractivity (Wildman–Crippen MR) is 100 cm³/mol. The average Bonchev–Trinajstić information content (AvgIpc) is 3.03. The van der Waals surface area contributed by atoms with Crippen molar-refractivity contribution in [2.24, 2.45) is 5.92 Å². The van der Waals surface area contributed by atoms with Gasteiger partial charge in [0.1, 0.15) is 0 Å². The lowest BCUT2D eigenvalue weighted by Gasteiger charge is -2.21. The Bertz CT molecular complexity index is 832. The van der Waals surface area contributed by atoms with Crippen LogP contribution >= 0.6 is 11.8 Å². The first-order chi connectivity index (χ1) is 12.1. The molecule has 1 amide bonds. The van der Waals surface area contributed by atoms with E-state index in [1.54, 1.807) is 0 Å². The van der Waals surface area contributed by atoms with Gasteiger partial charge < -0.3 is 5.32 Å². The number of aromatic nitrogens is 3. The second-order valence-corrected chi connectivity index (χ2v) is 7.30. The normalized spacial score (nSPS) is 12.4. The summed E-state index contributed by atoms with van der Waals surface area (Å²) < 4.78 is 1.89. The van der Waals surface area contributed by atoms with Gasteiger partial charge in [-0.25, -0.2) is 0 Å². The van der Waals surface area contributed by atoms with Crippen molar-refractivity contribution in [1.29, 1.82) is 0 Å². The first-order valence-corrected chi connectivity index (χ1v) is 9.39. The van der Waals surface area contributed by atoms with Crippen LogP contribution in [-0.2, 0) is 4.79 Å². The van der Waals surface area contributed by atoms with Crippen LogP contribution in [0.5, 0.6) is 0 Å². The van der Waals surface area contributed by atoms with E-state index >= 15 is 0 Å². The van der Waals surface area contributed by atoms with Gasteiger partial charge in [0.25, 0.3) is 0 Å². The zero-order valence-corrected chi connectivity index (χ0v) is 15.2. The van der Waals surface area contributed by atoms with Gasteiger partial charge in [0.15, 0.2) is 10.8 Å². The maximum absolute atomic E-state index is 12.5. The van der Waals surface area contributed by atoms with Crippen molar-refractivity contribution in [2.75, 3.05) is 5.75 Å². The number of hydrogen-bond acceptors (Lipinski definition) is 4. The number of nitrogens with zero attached hydrogens (tertiary/aromatic N) is 3. The van der Waals surface area contributed by atoms with Crippen LogP contribution in [0.15, 0.2) is 59.9 Å². The summed E-state index contributed by atoms with van der Waals surface area (Å²) in [6.07, 6.45) is 2.81. The third-order valence-corrected chi connectivity index (χ3v) is 4.80. The molecule has 0 fully saturated rings. The number of fused-ring (bicyclic) bond motifs is 1. The van der Waals surface area contributed by atoms with Crippen molar-refractivity contribution in [3.63, 3.8) is 0 Å². The molecule has 5 nitrogen and oxygen atoms in total. The second-order valence-electron chi connectivity index (χ2n) is 6.36. The molecule has 130 valence electrons. The van der Waals surface area contributed by atoms with Crippen LogP contribution < -0.4 is 5.32 Å². The SMILES string of the molecule is CC(C)C[C@H](NC(=O)CSc1nnc2ccccn12)c1ccccc1. The highest BCUT2D eigenvalue weighted by Gasteiger charge is 2.17. The van der Waals surface area contributed by atoms with Gasteiger partial charge in [-0.3, -0.25) is 9.20 Å². The lowest BCUT2D eigenvalue weighted by atomic mass is 9.97. The lowest BCUT2D eigenvalue weighted by molar-refractivity contribution is -0.119. The number of nitrogens with one attached hydrogen (secondary N) is 1. The van der Waals surface area contributed by atoms with Gasteiger partial charge in [-0.15, -0.1) is 10.2 Å². The van der Waals surface area contributed by atoms with Crippen LogP contribution in [0.1, 0.15) is 31.9 Å². The van der Waals surface area contributed by atoms with Crippen LogP contribution in [0.4, 0.5) is 0 Å². The van der Waals surface area contributed by atoms with E-state index in [0.29, 0.717) is 11.7 Å². The molecule has 0 saturated carbocycles. The van der Waals surface area contributed by atoms with Crippen molar-refractivity contribution in [2.45, 2.75) is 31.5 Å². The van der Waals surface area contributed by atoms with Crippen LogP contribution in [-0.4, -0.2) is 26.3 Å². The number of carbonyl (C=O) groups excluding carboxylic acids is 1. The third kappa shape index (κ3) is 4.60. The molecule has 0 spiro atoms. The fraction of sp³-hybridized carbons (Fsp3) is 0.316. The van der Waals surface area contributed by atoms with Gasteiger partial charge in [-0.1, -0.05) is 62.0 Å². The van der Waals surface area contributed by atoms with E-state index in [4.69, 9.17) is 0 Å². The summed E-state index contributed by atoms with van der Waals surface area (Å²) in [5.41, 5.74) is 1.93. The molecular weight excluding hydrogens is 332 g/mol. The number of benzene rings is 1. The summed E-state index contributed by atoms with van der Waals surface area (Å²) in [6, 6.07) is 15.9. The molecule has 25 heavy (non-hydrogen) atoms. The Balaban J connectivity index is 1.63. The van der Waals surface area contributed by atoms with E-state index in [2.05, 4.69) is 41.5 Å². The monoisotopic (exact) mass is 354 g/mol. The van der Waals surface area contributed by atoms with Crippen molar-refractivity contribution < 1.29 is 4.79 Å².